The van der Waals surface area contributed by atoms with E-state index in [4.69, 9.17) is 0 Å². The number of carbonyl (C=O) groups is 1. The summed E-state index contributed by atoms with van der Waals surface area (Å²) < 4.78 is 0. The molecule has 3 heteroatoms. The number of hydrogen-bond donors (Lipinski definition) is 1. The highest BCUT2D eigenvalue weighted by atomic mass is 16.1. The lowest BCUT2D eigenvalue weighted by molar-refractivity contribution is 0.0896. The number of benzene rings is 1. The first-order valence-electron chi connectivity index (χ1n) is 7.28. The minimum Gasteiger partial charge on any atom is -0.351 e. The quantitative estimate of drug-likeness (QED) is 0.777. The number of likely N-dealkylation sites (tertiary alicyclic amines) is 1. The van der Waals surface area contributed by atoms with Gasteiger partial charge in [0.1, 0.15) is 0 Å². The van der Waals surface area contributed by atoms with Crippen LogP contribution in [0.5, 0.6) is 0 Å². The Labute approximate surface area is 116 Å². The monoisotopic (exact) mass is 260 g/mol. The SMILES string of the molecule is CC.CN1CCC2(CC1)CNC(=O)c1ccccc12. The summed E-state index contributed by atoms with van der Waals surface area (Å²) in [7, 11) is 2.17. The van der Waals surface area contributed by atoms with Gasteiger partial charge in [0.15, 0.2) is 0 Å². The van der Waals surface area contributed by atoms with E-state index in [1.54, 1.807) is 0 Å². The highest BCUT2D eigenvalue weighted by Crippen LogP contribution is 2.38. The molecule has 0 saturated carbocycles. The van der Waals surface area contributed by atoms with Gasteiger partial charge < -0.3 is 10.2 Å². The first-order valence-corrected chi connectivity index (χ1v) is 7.28. The van der Waals surface area contributed by atoms with Crippen LogP contribution in [0.4, 0.5) is 0 Å². The van der Waals surface area contributed by atoms with Gasteiger partial charge in [-0.15, -0.1) is 0 Å². The molecule has 19 heavy (non-hydrogen) atoms. The fraction of sp³-hybridized carbons (Fsp3) is 0.562. The van der Waals surface area contributed by atoms with Crippen LogP contribution in [0, 0.1) is 0 Å². The normalized spacial score (nSPS) is 21.1. The van der Waals surface area contributed by atoms with Gasteiger partial charge in [0.2, 0.25) is 0 Å². The molecule has 1 amide bonds. The van der Waals surface area contributed by atoms with Crippen molar-refractivity contribution >= 4 is 5.91 Å². The van der Waals surface area contributed by atoms with E-state index in [1.165, 1.54) is 5.56 Å². The summed E-state index contributed by atoms with van der Waals surface area (Å²) in [4.78, 5) is 14.2. The predicted octanol–water partition coefficient (Wildman–Crippen LogP) is 2.42. The van der Waals surface area contributed by atoms with Crippen LogP contribution in [0.2, 0.25) is 0 Å². The van der Waals surface area contributed by atoms with Gasteiger partial charge in [-0.2, -0.15) is 0 Å². The highest BCUT2D eigenvalue weighted by Gasteiger charge is 2.40. The lowest BCUT2D eigenvalue weighted by Gasteiger charge is -2.44. The zero-order valence-corrected chi connectivity index (χ0v) is 12.2. The molecular formula is C16H24N2O. The maximum Gasteiger partial charge on any atom is 0.251 e. The van der Waals surface area contributed by atoms with Crippen molar-refractivity contribution in [1.29, 1.82) is 0 Å². The topological polar surface area (TPSA) is 32.3 Å². The summed E-state index contributed by atoms with van der Waals surface area (Å²) in [5.41, 5.74) is 2.32. The molecule has 1 aromatic rings. The van der Waals surface area contributed by atoms with E-state index >= 15 is 0 Å². The maximum absolute atomic E-state index is 11.9. The lowest BCUT2D eigenvalue weighted by Crippen LogP contribution is -2.52. The number of hydrogen-bond acceptors (Lipinski definition) is 2. The standard InChI is InChI=1S/C14H18N2O.C2H6/c1-16-8-6-14(7-9-16)10-15-13(17)11-4-2-3-5-12(11)14;1-2/h2-5H,6-10H2,1H3,(H,15,17);1-2H3. The Bertz CT molecular complexity index is 448. The summed E-state index contributed by atoms with van der Waals surface area (Å²) in [5, 5.41) is 3.06. The molecule has 3 rings (SSSR count). The molecule has 0 unspecified atom stereocenters. The second-order valence-corrected chi connectivity index (χ2v) is 5.31. The van der Waals surface area contributed by atoms with E-state index in [0.29, 0.717) is 0 Å². The first-order chi connectivity index (χ1) is 9.21. The third-order valence-electron chi connectivity index (χ3n) is 4.27. The van der Waals surface area contributed by atoms with E-state index in [0.717, 1.165) is 38.0 Å². The van der Waals surface area contributed by atoms with Crippen LogP contribution >= 0.6 is 0 Å². The third kappa shape index (κ3) is 2.52. The van der Waals surface area contributed by atoms with Gasteiger partial charge in [0.25, 0.3) is 5.91 Å². The predicted molar refractivity (Wildman–Crippen MR) is 78.5 cm³/mol. The zero-order valence-electron chi connectivity index (χ0n) is 12.2. The highest BCUT2D eigenvalue weighted by molar-refractivity contribution is 5.97. The van der Waals surface area contributed by atoms with Crippen molar-refractivity contribution in [3.63, 3.8) is 0 Å². The Morgan fingerprint density at radius 3 is 2.47 bits per heavy atom. The number of piperidine rings is 1. The molecular weight excluding hydrogens is 236 g/mol. The van der Waals surface area contributed by atoms with Gasteiger partial charge in [-0.25, -0.2) is 0 Å². The summed E-state index contributed by atoms with van der Waals surface area (Å²) in [6.45, 7) is 7.03. The molecule has 104 valence electrons. The molecule has 1 fully saturated rings. The molecule has 0 radical (unpaired) electrons. The average Bonchev–Trinajstić information content (AvgIpc) is 2.48. The number of carbonyl (C=O) groups excluding carboxylic acids is 1. The number of nitrogens with zero attached hydrogens (tertiary/aromatic N) is 1. The molecule has 1 N–H and O–H groups in total. The van der Waals surface area contributed by atoms with Crippen LogP contribution in [-0.2, 0) is 5.41 Å². The van der Waals surface area contributed by atoms with Crippen LogP contribution < -0.4 is 5.32 Å². The van der Waals surface area contributed by atoms with Gasteiger partial charge in [0, 0.05) is 17.5 Å². The molecule has 2 aliphatic heterocycles. The van der Waals surface area contributed by atoms with Gasteiger partial charge in [-0.05, 0) is 44.6 Å². The molecule has 0 aliphatic carbocycles. The van der Waals surface area contributed by atoms with Gasteiger partial charge in [-0.3, -0.25) is 4.79 Å². The summed E-state index contributed by atoms with van der Waals surface area (Å²) in [6, 6.07) is 8.09. The summed E-state index contributed by atoms with van der Waals surface area (Å²) >= 11 is 0. The molecule has 1 aromatic carbocycles. The maximum atomic E-state index is 11.9. The van der Waals surface area contributed by atoms with Gasteiger partial charge >= 0.3 is 0 Å². The minimum absolute atomic E-state index is 0.0881. The molecule has 2 heterocycles. The van der Waals surface area contributed by atoms with Crippen molar-refractivity contribution in [2.24, 2.45) is 0 Å². The largest absolute Gasteiger partial charge is 0.351 e. The van der Waals surface area contributed by atoms with Crippen molar-refractivity contribution in [2.45, 2.75) is 32.1 Å². The van der Waals surface area contributed by atoms with Crippen molar-refractivity contribution < 1.29 is 4.79 Å². The second kappa shape index (κ2) is 5.74. The van der Waals surface area contributed by atoms with Crippen LogP contribution in [0.1, 0.15) is 42.6 Å². The van der Waals surface area contributed by atoms with Crippen LogP contribution in [0.15, 0.2) is 24.3 Å². The molecule has 0 atom stereocenters. The molecule has 3 nitrogen and oxygen atoms in total. The second-order valence-electron chi connectivity index (χ2n) is 5.31. The molecule has 1 spiro atoms. The van der Waals surface area contributed by atoms with Crippen LogP contribution in [0.25, 0.3) is 0 Å². The first kappa shape index (κ1) is 14.1. The van der Waals surface area contributed by atoms with E-state index in [9.17, 15) is 4.79 Å². The fourth-order valence-electron chi connectivity index (χ4n) is 3.08. The Balaban J connectivity index is 0.000000637. The van der Waals surface area contributed by atoms with E-state index in [-0.39, 0.29) is 11.3 Å². The number of amides is 1. The molecule has 0 aromatic heterocycles. The van der Waals surface area contributed by atoms with Crippen molar-refractivity contribution in [1.82, 2.24) is 10.2 Å². The smallest absolute Gasteiger partial charge is 0.251 e. The molecule has 2 aliphatic rings. The molecule has 1 saturated heterocycles. The van der Waals surface area contributed by atoms with Crippen molar-refractivity contribution in [3.05, 3.63) is 35.4 Å². The Morgan fingerprint density at radius 2 is 1.79 bits per heavy atom. The zero-order chi connectivity index (χ0) is 13.9. The van der Waals surface area contributed by atoms with Crippen LogP contribution in [-0.4, -0.2) is 37.5 Å². The Morgan fingerprint density at radius 1 is 1.16 bits per heavy atom. The summed E-state index contributed by atoms with van der Waals surface area (Å²) in [5.74, 6) is 0.0881. The minimum atomic E-state index is 0.0881. The van der Waals surface area contributed by atoms with E-state index < -0.39 is 0 Å². The third-order valence-corrected chi connectivity index (χ3v) is 4.27. The summed E-state index contributed by atoms with van der Waals surface area (Å²) in [6.07, 6.45) is 2.28. The van der Waals surface area contributed by atoms with Crippen molar-refractivity contribution in [2.75, 3.05) is 26.7 Å². The van der Waals surface area contributed by atoms with Gasteiger partial charge in [0.05, 0.1) is 0 Å². The molecule has 0 bridgehead atoms. The lowest BCUT2D eigenvalue weighted by atomic mass is 9.69. The van der Waals surface area contributed by atoms with Gasteiger partial charge in [-0.1, -0.05) is 32.0 Å². The van der Waals surface area contributed by atoms with E-state index in [2.05, 4.69) is 29.4 Å². The number of fused-ring (bicyclic) bond motifs is 2. The fourth-order valence-corrected chi connectivity index (χ4v) is 3.08. The Hall–Kier alpha value is -1.35. The van der Waals surface area contributed by atoms with E-state index in [1.807, 2.05) is 26.0 Å². The number of rotatable bonds is 0. The average molecular weight is 260 g/mol. The Kier molecular flexibility index (Phi) is 4.25. The van der Waals surface area contributed by atoms with Crippen molar-refractivity contribution in [3.8, 4) is 0 Å². The van der Waals surface area contributed by atoms with Crippen LogP contribution in [0.3, 0.4) is 0 Å². The number of nitrogens with one attached hydrogen (secondary N) is 1.